The highest BCUT2D eigenvalue weighted by atomic mass is 32.3. The normalized spacial score (nSPS) is 11.7. The Morgan fingerprint density at radius 2 is 0.694 bits per heavy atom. The van der Waals surface area contributed by atoms with Crippen LogP contribution in [-0.2, 0) is 19.4 Å². The van der Waals surface area contributed by atoms with Gasteiger partial charge in [0.2, 0.25) is 0 Å². The van der Waals surface area contributed by atoms with Gasteiger partial charge in [-0.3, -0.25) is 9.35 Å². The molecule has 0 spiro atoms. The van der Waals surface area contributed by atoms with Gasteiger partial charge in [0.15, 0.2) is 0 Å². The van der Waals surface area contributed by atoms with E-state index in [1.54, 1.807) is 0 Å². The van der Waals surface area contributed by atoms with E-state index in [0.717, 1.165) is 19.3 Å². The van der Waals surface area contributed by atoms with E-state index in [0.29, 0.717) is 6.42 Å². The summed E-state index contributed by atoms with van der Waals surface area (Å²) in [6.45, 7) is 2.29. The van der Waals surface area contributed by atoms with Crippen LogP contribution in [0.2, 0.25) is 0 Å². The van der Waals surface area contributed by atoms with Crippen molar-refractivity contribution in [1.82, 2.24) is 0 Å². The number of carbonyl (C=O) groups is 1. The van der Waals surface area contributed by atoms with Gasteiger partial charge in [0, 0.05) is 6.42 Å². The first-order chi connectivity index (χ1) is 17.5. The highest BCUT2D eigenvalue weighted by Gasteiger charge is 2.12. The number of unbranched alkanes of at least 4 members (excludes halogenated alkanes) is 26. The van der Waals surface area contributed by atoms with E-state index < -0.39 is 16.4 Å². The summed E-state index contributed by atoms with van der Waals surface area (Å²) in [4.78, 5) is 11.1. The SMILES string of the molecule is CCCCCCCCCCCCCCCCCCCCCCCCCCCCCC(=O)OS(=O)(=O)O. The van der Waals surface area contributed by atoms with Gasteiger partial charge < -0.3 is 4.18 Å². The minimum atomic E-state index is -4.65. The highest BCUT2D eigenvalue weighted by Crippen LogP contribution is 2.16. The predicted octanol–water partition coefficient (Wildman–Crippen LogP) is 10.3. The molecular formula is C30H60O5S. The predicted molar refractivity (Wildman–Crippen MR) is 153 cm³/mol. The van der Waals surface area contributed by atoms with Gasteiger partial charge in [-0.2, -0.15) is 8.42 Å². The van der Waals surface area contributed by atoms with E-state index in [4.69, 9.17) is 4.55 Å². The van der Waals surface area contributed by atoms with Crippen LogP contribution in [0.1, 0.15) is 187 Å². The van der Waals surface area contributed by atoms with Crippen LogP contribution in [0.3, 0.4) is 0 Å². The maximum atomic E-state index is 11.1. The van der Waals surface area contributed by atoms with E-state index in [-0.39, 0.29) is 6.42 Å². The molecule has 0 atom stereocenters. The summed E-state index contributed by atoms with van der Waals surface area (Å²) in [5, 5.41) is 0. The van der Waals surface area contributed by atoms with E-state index in [1.165, 1.54) is 148 Å². The van der Waals surface area contributed by atoms with Gasteiger partial charge in [-0.25, -0.2) is 0 Å². The van der Waals surface area contributed by atoms with Crippen molar-refractivity contribution in [3.63, 3.8) is 0 Å². The minimum Gasteiger partial charge on any atom is -0.325 e. The molecule has 0 saturated carbocycles. The van der Waals surface area contributed by atoms with Crippen molar-refractivity contribution in [2.75, 3.05) is 0 Å². The summed E-state index contributed by atoms with van der Waals surface area (Å²) in [6, 6.07) is 0. The van der Waals surface area contributed by atoms with Crippen molar-refractivity contribution in [3.8, 4) is 0 Å². The van der Waals surface area contributed by atoms with Gasteiger partial charge >= 0.3 is 16.4 Å². The van der Waals surface area contributed by atoms with Gasteiger partial charge in [0.1, 0.15) is 0 Å². The van der Waals surface area contributed by atoms with Crippen molar-refractivity contribution >= 4 is 16.4 Å². The van der Waals surface area contributed by atoms with Crippen LogP contribution in [0.15, 0.2) is 0 Å². The summed E-state index contributed by atoms with van der Waals surface area (Å²) in [6.07, 6.45) is 36.1. The molecule has 0 aromatic rings. The molecule has 0 aliphatic rings. The first-order valence-electron chi connectivity index (χ1n) is 15.7. The molecule has 0 radical (unpaired) electrons. The van der Waals surface area contributed by atoms with Crippen molar-refractivity contribution < 1.29 is 21.9 Å². The molecule has 0 unspecified atom stereocenters. The van der Waals surface area contributed by atoms with Crippen LogP contribution in [0, 0.1) is 0 Å². The number of hydrogen-bond donors (Lipinski definition) is 1. The molecule has 216 valence electrons. The molecule has 0 amide bonds. The van der Waals surface area contributed by atoms with Crippen molar-refractivity contribution in [2.45, 2.75) is 187 Å². The first kappa shape index (κ1) is 35.4. The lowest BCUT2D eigenvalue weighted by atomic mass is 10.0. The van der Waals surface area contributed by atoms with Gasteiger partial charge in [0.25, 0.3) is 0 Å². The molecule has 1 N–H and O–H groups in total. The van der Waals surface area contributed by atoms with Crippen LogP contribution in [-0.4, -0.2) is 18.9 Å². The summed E-state index contributed by atoms with van der Waals surface area (Å²) < 4.78 is 33.1. The fraction of sp³-hybridized carbons (Fsp3) is 0.967. The second-order valence-corrected chi connectivity index (χ2v) is 11.8. The Morgan fingerprint density at radius 1 is 0.472 bits per heavy atom. The fourth-order valence-electron chi connectivity index (χ4n) is 4.92. The van der Waals surface area contributed by atoms with E-state index in [1.807, 2.05) is 0 Å². The molecule has 0 saturated heterocycles. The van der Waals surface area contributed by atoms with E-state index in [2.05, 4.69) is 11.1 Å². The van der Waals surface area contributed by atoms with Crippen molar-refractivity contribution in [2.24, 2.45) is 0 Å². The Labute approximate surface area is 224 Å². The third-order valence-corrected chi connectivity index (χ3v) is 7.58. The van der Waals surface area contributed by atoms with Gasteiger partial charge in [0.05, 0.1) is 0 Å². The van der Waals surface area contributed by atoms with Crippen molar-refractivity contribution in [1.29, 1.82) is 0 Å². The molecule has 0 aliphatic heterocycles. The molecule has 0 rings (SSSR count). The van der Waals surface area contributed by atoms with E-state index >= 15 is 0 Å². The lowest BCUT2D eigenvalue weighted by molar-refractivity contribution is -0.134. The lowest BCUT2D eigenvalue weighted by Crippen LogP contribution is -2.11. The second-order valence-electron chi connectivity index (χ2n) is 10.8. The zero-order chi connectivity index (χ0) is 26.6. The lowest BCUT2D eigenvalue weighted by Gasteiger charge is -2.04. The van der Waals surface area contributed by atoms with Gasteiger partial charge in [-0.05, 0) is 6.42 Å². The standard InChI is InChI=1S/C30H60O5S/c1-2-3-4-5-6-7-8-9-10-11-12-13-14-15-16-17-18-19-20-21-22-23-24-25-26-27-28-29-30(31)35-36(32,33)34/h2-29H2,1H3,(H,32,33,34). The Morgan fingerprint density at radius 3 is 0.917 bits per heavy atom. The fourth-order valence-corrected chi connectivity index (χ4v) is 5.24. The molecule has 6 heteroatoms. The Balaban J connectivity index is 3.10. The molecular weight excluding hydrogens is 472 g/mol. The van der Waals surface area contributed by atoms with Crippen LogP contribution in [0.25, 0.3) is 0 Å². The Hall–Kier alpha value is -0.620. The van der Waals surface area contributed by atoms with Crippen LogP contribution in [0.5, 0.6) is 0 Å². The molecule has 0 fully saturated rings. The molecule has 0 aromatic heterocycles. The highest BCUT2D eigenvalue weighted by molar-refractivity contribution is 7.81. The van der Waals surface area contributed by atoms with Crippen molar-refractivity contribution in [3.05, 3.63) is 0 Å². The minimum absolute atomic E-state index is 0.0409. The maximum Gasteiger partial charge on any atom is 0.448 e. The third-order valence-electron chi connectivity index (χ3n) is 7.18. The monoisotopic (exact) mass is 532 g/mol. The Kier molecular flexibility index (Phi) is 26.9. The van der Waals surface area contributed by atoms with Crippen LogP contribution >= 0.6 is 0 Å². The smallest absolute Gasteiger partial charge is 0.325 e. The van der Waals surface area contributed by atoms with Crippen LogP contribution in [0.4, 0.5) is 0 Å². The summed E-state index contributed by atoms with van der Waals surface area (Å²) in [5.41, 5.74) is 0. The third kappa shape index (κ3) is 31.4. The molecule has 36 heavy (non-hydrogen) atoms. The second kappa shape index (κ2) is 27.4. The number of rotatable bonds is 29. The topological polar surface area (TPSA) is 80.7 Å². The van der Waals surface area contributed by atoms with Gasteiger partial charge in [-0.1, -0.05) is 174 Å². The summed E-state index contributed by atoms with van der Waals surface area (Å²) >= 11 is 0. The summed E-state index contributed by atoms with van der Waals surface area (Å²) in [5.74, 6) is -0.878. The average Bonchev–Trinajstić information content (AvgIpc) is 2.82. The molecule has 0 aromatic carbocycles. The van der Waals surface area contributed by atoms with Gasteiger partial charge in [-0.15, -0.1) is 0 Å². The maximum absolute atomic E-state index is 11.1. The number of carbonyl (C=O) groups excluding carboxylic acids is 1. The first-order valence-corrected chi connectivity index (χ1v) is 17.0. The van der Waals surface area contributed by atoms with E-state index in [9.17, 15) is 13.2 Å². The largest absolute Gasteiger partial charge is 0.448 e. The molecule has 5 nitrogen and oxygen atoms in total. The van der Waals surface area contributed by atoms with Crippen LogP contribution < -0.4 is 0 Å². The summed E-state index contributed by atoms with van der Waals surface area (Å²) in [7, 11) is -4.65. The quantitative estimate of drug-likeness (QED) is 0.0765. The Bertz CT molecular complexity index is 562. The molecule has 0 bridgehead atoms. The average molecular weight is 533 g/mol. The zero-order valence-electron chi connectivity index (χ0n) is 23.8. The number of hydrogen-bond acceptors (Lipinski definition) is 4. The zero-order valence-corrected chi connectivity index (χ0v) is 24.6. The molecule has 0 aliphatic carbocycles. The molecule has 0 heterocycles.